The van der Waals surface area contributed by atoms with Gasteiger partial charge in [0.25, 0.3) is 5.91 Å². The molecule has 0 radical (unpaired) electrons. The van der Waals surface area contributed by atoms with Crippen molar-refractivity contribution in [3.63, 3.8) is 0 Å². The molecule has 5 rings (SSSR count). The molecule has 1 fully saturated rings. The molecule has 0 spiro atoms. The van der Waals surface area contributed by atoms with Gasteiger partial charge in [-0.25, -0.2) is 9.97 Å². The summed E-state index contributed by atoms with van der Waals surface area (Å²) in [5, 5.41) is 7.35. The number of nitrogens with one attached hydrogen (secondary N) is 2. The first-order chi connectivity index (χ1) is 17.2. The van der Waals surface area contributed by atoms with Gasteiger partial charge in [-0.2, -0.15) is 0 Å². The van der Waals surface area contributed by atoms with Crippen LogP contribution in [0.3, 0.4) is 0 Å². The predicted octanol–water partition coefficient (Wildman–Crippen LogP) is 4.56. The number of amides is 1. The quantitative estimate of drug-likeness (QED) is 0.414. The van der Waals surface area contributed by atoms with Gasteiger partial charge < -0.3 is 15.4 Å². The van der Waals surface area contributed by atoms with Crippen molar-refractivity contribution in [2.24, 2.45) is 0 Å². The summed E-state index contributed by atoms with van der Waals surface area (Å²) in [6, 6.07) is 16.3. The lowest BCUT2D eigenvalue weighted by molar-refractivity contribution is 0.0903. The Hall–Kier alpha value is -3.84. The Morgan fingerprint density at radius 3 is 2.69 bits per heavy atom. The summed E-state index contributed by atoms with van der Waals surface area (Å²) in [4.78, 5) is 26.0. The first-order valence-electron chi connectivity index (χ1n) is 12.0. The fourth-order valence-corrected chi connectivity index (χ4v) is 4.30. The van der Waals surface area contributed by atoms with Gasteiger partial charge in [0, 0.05) is 61.4 Å². The van der Waals surface area contributed by atoms with E-state index in [9.17, 15) is 4.79 Å². The molecule has 2 N–H and O–H groups in total. The summed E-state index contributed by atoms with van der Waals surface area (Å²) >= 11 is 0. The highest BCUT2D eigenvalue weighted by molar-refractivity contribution is 5.95. The minimum atomic E-state index is -0.176. The van der Waals surface area contributed by atoms with E-state index in [4.69, 9.17) is 4.74 Å². The lowest BCUT2D eigenvalue weighted by atomic mass is 10.0. The van der Waals surface area contributed by atoms with Crippen LogP contribution in [-0.4, -0.2) is 46.7 Å². The summed E-state index contributed by atoms with van der Waals surface area (Å²) in [5.41, 5.74) is 5.80. The topological polar surface area (TPSA) is 89.0 Å². The molecule has 178 valence electrons. The molecular formula is C28H29N5O2. The average Bonchev–Trinajstić information content (AvgIpc) is 2.89. The highest BCUT2D eigenvalue weighted by Gasteiger charge is 2.15. The molecule has 3 aromatic heterocycles. The Kier molecular flexibility index (Phi) is 6.95. The molecule has 0 unspecified atom stereocenters. The van der Waals surface area contributed by atoms with E-state index in [-0.39, 0.29) is 5.91 Å². The monoisotopic (exact) mass is 467 g/mol. The van der Waals surface area contributed by atoms with Crippen LogP contribution in [-0.2, 0) is 11.2 Å². The fourth-order valence-electron chi connectivity index (χ4n) is 4.30. The van der Waals surface area contributed by atoms with Gasteiger partial charge in [-0.05, 0) is 61.1 Å². The van der Waals surface area contributed by atoms with Gasteiger partial charge in [0.2, 0.25) is 0 Å². The molecule has 0 saturated carbocycles. The van der Waals surface area contributed by atoms with Crippen LogP contribution in [0.1, 0.15) is 34.5 Å². The van der Waals surface area contributed by atoms with Gasteiger partial charge >= 0.3 is 0 Å². The third-order valence-corrected chi connectivity index (χ3v) is 6.38. The van der Waals surface area contributed by atoms with Crippen molar-refractivity contribution in [3.8, 4) is 11.1 Å². The first-order valence-corrected chi connectivity index (χ1v) is 12.0. The summed E-state index contributed by atoms with van der Waals surface area (Å²) in [5.74, 6) is 0.602. The number of aromatic nitrogens is 3. The zero-order valence-electron chi connectivity index (χ0n) is 19.8. The smallest absolute Gasteiger partial charge is 0.269 e. The number of hydrogen-bond acceptors (Lipinski definition) is 6. The van der Waals surface area contributed by atoms with Crippen LogP contribution in [0.25, 0.3) is 22.0 Å². The van der Waals surface area contributed by atoms with Crippen LogP contribution in [0.4, 0.5) is 5.82 Å². The molecule has 1 aliphatic rings. The van der Waals surface area contributed by atoms with Crippen LogP contribution >= 0.6 is 0 Å². The number of carbonyl (C=O) groups is 1. The molecule has 1 amide bonds. The molecule has 4 aromatic rings. The zero-order chi connectivity index (χ0) is 24.0. The van der Waals surface area contributed by atoms with Crippen molar-refractivity contribution in [2.75, 3.05) is 25.1 Å². The molecule has 7 nitrogen and oxygen atoms in total. The Morgan fingerprint density at radius 2 is 1.89 bits per heavy atom. The van der Waals surface area contributed by atoms with Crippen LogP contribution < -0.4 is 10.6 Å². The Bertz CT molecular complexity index is 1320. The maximum absolute atomic E-state index is 12.7. The number of nitrogens with zero attached hydrogens (tertiary/aromatic N) is 3. The molecule has 1 saturated heterocycles. The maximum Gasteiger partial charge on any atom is 0.269 e. The van der Waals surface area contributed by atoms with Crippen molar-refractivity contribution in [3.05, 3.63) is 83.9 Å². The number of benzene rings is 1. The van der Waals surface area contributed by atoms with E-state index < -0.39 is 0 Å². The van der Waals surface area contributed by atoms with Crippen LogP contribution in [0.2, 0.25) is 0 Å². The normalized spacial score (nSPS) is 14.1. The second-order valence-corrected chi connectivity index (χ2v) is 8.88. The summed E-state index contributed by atoms with van der Waals surface area (Å²) in [6.07, 6.45) is 8.15. The lowest BCUT2D eigenvalue weighted by Crippen LogP contribution is -2.28. The van der Waals surface area contributed by atoms with Crippen LogP contribution in [0.15, 0.2) is 67.1 Å². The summed E-state index contributed by atoms with van der Waals surface area (Å²) < 4.78 is 5.42. The maximum atomic E-state index is 12.7. The van der Waals surface area contributed by atoms with Crippen molar-refractivity contribution >= 4 is 22.6 Å². The Labute approximate surface area is 205 Å². The molecule has 4 heterocycles. The third kappa shape index (κ3) is 5.63. The molecule has 1 aliphatic heterocycles. The standard InChI is InChI=1S/C28H29N5O2/c1-19-8-12-29-18-24(19)21-4-2-20(3-5-21)9-13-30-28(34)25-7-6-22-17-31-27(16-26(22)33-25)32-23-10-14-35-15-11-23/h2-8,12,16-18,23H,9-11,13-15H2,1H3,(H,30,34)(H,31,32). The van der Waals surface area contributed by atoms with Crippen molar-refractivity contribution in [1.82, 2.24) is 20.3 Å². The molecule has 35 heavy (non-hydrogen) atoms. The van der Waals surface area contributed by atoms with Gasteiger partial charge in [-0.3, -0.25) is 9.78 Å². The van der Waals surface area contributed by atoms with Gasteiger partial charge in [0.05, 0.1) is 5.52 Å². The molecule has 0 atom stereocenters. The van der Waals surface area contributed by atoms with Crippen molar-refractivity contribution in [2.45, 2.75) is 32.2 Å². The van der Waals surface area contributed by atoms with E-state index >= 15 is 0 Å². The minimum Gasteiger partial charge on any atom is -0.381 e. The van der Waals surface area contributed by atoms with E-state index in [1.54, 1.807) is 18.5 Å². The lowest BCUT2D eigenvalue weighted by Gasteiger charge is -2.23. The third-order valence-electron chi connectivity index (χ3n) is 6.38. The van der Waals surface area contributed by atoms with E-state index in [0.29, 0.717) is 18.3 Å². The number of fused-ring (bicyclic) bond motifs is 1. The van der Waals surface area contributed by atoms with Gasteiger partial charge in [0.15, 0.2) is 0 Å². The fraction of sp³-hybridized carbons (Fsp3) is 0.286. The highest BCUT2D eigenvalue weighted by atomic mass is 16.5. The van der Waals surface area contributed by atoms with Gasteiger partial charge in [-0.15, -0.1) is 0 Å². The number of ether oxygens (including phenoxy) is 1. The van der Waals surface area contributed by atoms with E-state index in [1.165, 1.54) is 5.56 Å². The molecule has 0 aliphatic carbocycles. The van der Waals surface area contributed by atoms with Gasteiger partial charge in [0.1, 0.15) is 11.5 Å². The number of anilines is 1. The Balaban J connectivity index is 1.19. The second kappa shape index (κ2) is 10.6. The summed E-state index contributed by atoms with van der Waals surface area (Å²) in [6.45, 7) is 4.16. The van der Waals surface area contributed by atoms with E-state index in [2.05, 4.69) is 56.8 Å². The van der Waals surface area contributed by atoms with Crippen molar-refractivity contribution in [1.29, 1.82) is 0 Å². The number of hydrogen-bond donors (Lipinski definition) is 2. The molecule has 1 aromatic carbocycles. The van der Waals surface area contributed by atoms with Gasteiger partial charge in [-0.1, -0.05) is 24.3 Å². The average molecular weight is 468 g/mol. The zero-order valence-corrected chi connectivity index (χ0v) is 19.8. The van der Waals surface area contributed by atoms with Crippen molar-refractivity contribution < 1.29 is 9.53 Å². The Morgan fingerprint density at radius 1 is 1.06 bits per heavy atom. The number of aryl methyl sites for hydroxylation is 1. The minimum absolute atomic E-state index is 0.176. The number of carbonyl (C=O) groups excluding carboxylic acids is 1. The predicted molar refractivity (Wildman–Crippen MR) is 137 cm³/mol. The molecule has 0 bridgehead atoms. The largest absolute Gasteiger partial charge is 0.381 e. The first kappa shape index (κ1) is 22.9. The molecular weight excluding hydrogens is 438 g/mol. The van der Waals surface area contributed by atoms with Crippen LogP contribution in [0.5, 0.6) is 0 Å². The SMILES string of the molecule is Cc1ccncc1-c1ccc(CCNC(=O)c2ccc3cnc(NC4CCOCC4)cc3n2)cc1. The molecule has 7 heteroatoms. The second-order valence-electron chi connectivity index (χ2n) is 8.88. The summed E-state index contributed by atoms with van der Waals surface area (Å²) in [7, 11) is 0. The van der Waals surface area contributed by atoms with Crippen LogP contribution in [0, 0.1) is 6.92 Å². The number of rotatable bonds is 7. The highest BCUT2D eigenvalue weighted by Crippen LogP contribution is 2.22. The van der Waals surface area contributed by atoms with E-state index in [1.807, 2.05) is 24.4 Å². The van der Waals surface area contributed by atoms with E-state index in [0.717, 1.165) is 65.9 Å². The number of pyridine rings is 3.